The fraction of sp³-hybridized carbons (Fsp3) is 0.350. The van der Waals surface area contributed by atoms with Gasteiger partial charge in [0.1, 0.15) is 5.41 Å². The fourth-order valence-electron chi connectivity index (χ4n) is 3.50. The van der Waals surface area contributed by atoms with E-state index in [1.807, 2.05) is 36.4 Å². The molecule has 3 rings (SSSR count). The van der Waals surface area contributed by atoms with Gasteiger partial charge in [0.2, 0.25) is 5.91 Å². The average molecular weight is 354 g/mol. The van der Waals surface area contributed by atoms with E-state index in [0.717, 1.165) is 11.1 Å². The summed E-state index contributed by atoms with van der Waals surface area (Å²) < 4.78 is 0. The maximum atomic E-state index is 12.7. The minimum absolute atomic E-state index is 0.00249. The topological polar surface area (TPSA) is 90.7 Å². The molecule has 0 aliphatic carbocycles. The van der Waals surface area contributed by atoms with Gasteiger partial charge >= 0.3 is 5.97 Å². The number of hydrogen-bond acceptors (Lipinski definition) is 4. The van der Waals surface area contributed by atoms with E-state index < -0.39 is 17.5 Å². The number of carbonyl (C=O) groups is 2. The zero-order chi connectivity index (χ0) is 18.6. The van der Waals surface area contributed by atoms with Crippen LogP contribution in [0.15, 0.2) is 54.9 Å². The number of pyridine rings is 1. The Kier molecular flexibility index (Phi) is 5.32. The van der Waals surface area contributed by atoms with E-state index in [-0.39, 0.29) is 31.7 Å². The van der Waals surface area contributed by atoms with Crippen LogP contribution in [0.5, 0.6) is 0 Å². The summed E-state index contributed by atoms with van der Waals surface area (Å²) >= 11 is 0. The lowest BCUT2D eigenvalue weighted by Gasteiger charge is -2.43. The van der Waals surface area contributed by atoms with E-state index in [1.165, 1.54) is 0 Å². The van der Waals surface area contributed by atoms with E-state index in [9.17, 15) is 19.8 Å². The second kappa shape index (κ2) is 7.66. The Balaban J connectivity index is 1.80. The molecule has 26 heavy (non-hydrogen) atoms. The normalized spacial score (nSPS) is 22.8. The molecule has 1 saturated heterocycles. The molecule has 1 aromatic heterocycles. The van der Waals surface area contributed by atoms with Crippen LogP contribution in [0.2, 0.25) is 0 Å². The summed E-state index contributed by atoms with van der Waals surface area (Å²) in [6, 6.07) is 12.8. The second-order valence-electron chi connectivity index (χ2n) is 6.78. The third-order valence-corrected chi connectivity index (χ3v) is 5.00. The number of likely N-dealkylation sites (tertiary alicyclic amines) is 1. The Morgan fingerprint density at radius 3 is 2.54 bits per heavy atom. The molecule has 1 aliphatic rings. The van der Waals surface area contributed by atoms with Gasteiger partial charge < -0.3 is 15.1 Å². The summed E-state index contributed by atoms with van der Waals surface area (Å²) in [5, 5.41) is 20.4. The minimum atomic E-state index is -1.40. The molecule has 136 valence electrons. The number of benzene rings is 1. The van der Waals surface area contributed by atoms with Crippen molar-refractivity contribution in [3.05, 3.63) is 66.0 Å². The number of piperidine rings is 1. The summed E-state index contributed by atoms with van der Waals surface area (Å²) in [4.78, 5) is 30.3. The van der Waals surface area contributed by atoms with Gasteiger partial charge in [-0.05, 0) is 30.0 Å². The third-order valence-electron chi connectivity index (χ3n) is 5.00. The van der Waals surface area contributed by atoms with E-state index in [4.69, 9.17) is 0 Å². The molecule has 0 bridgehead atoms. The molecule has 2 atom stereocenters. The molecule has 6 nitrogen and oxygen atoms in total. The quantitative estimate of drug-likeness (QED) is 0.850. The Morgan fingerprint density at radius 1 is 1.15 bits per heavy atom. The van der Waals surface area contributed by atoms with Gasteiger partial charge in [-0.2, -0.15) is 0 Å². The first-order valence-electron chi connectivity index (χ1n) is 8.63. The fourth-order valence-corrected chi connectivity index (χ4v) is 3.50. The lowest BCUT2D eigenvalue weighted by molar-refractivity contribution is -0.165. The third kappa shape index (κ3) is 3.75. The molecule has 1 fully saturated rings. The van der Waals surface area contributed by atoms with E-state index in [1.54, 1.807) is 23.4 Å². The zero-order valence-electron chi connectivity index (χ0n) is 14.4. The number of amides is 1. The van der Waals surface area contributed by atoms with Gasteiger partial charge in [-0.15, -0.1) is 0 Å². The summed E-state index contributed by atoms with van der Waals surface area (Å²) in [5.74, 6) is -1.23. The Labute approximate surface area is 152 Å². The van der Waals surface area contributed by atoms with Gasteiger partial charge in [0, 0.05) is 25.5 Å². The Bertz CT molecular complexity index is 766. The van der Waals surface area contributed by atoms with Crippen LogP contribution < -0.4 is 0 Å². The standard InChI is InChI=1S/C20H22N2O4/c23-17-8-10-22(18(24)11-16-7-4-9-21-13-16)14-20(17,19(25)26)12-15-5-2-1-3-6-15/h1-7,9,13,17,23H,8,10-12,14H2,(H,25,26)/t17-,20+/m0/s1. The molecule has 1 aromatic carbocycles. The van der Waals surface area contributed by atoms with Gasteiger partial charge in [-0.3, -0.25) is 14.6 Å². The number of aromatic nitrogens is 1. The number of hydrogen-bond donors (Lipinski definition) is 2. The molecule has 1 amide bonds. The van der Waals surface area contributed by atoms with Crippen LogP contribution in [-0.4, -0.2) is 51.2 Å². The van der Waals surface area contributed by atoms with E-state index in [2.05, 4.69) is 4.98 Å². The van der Waals surface area contributed by atoms with Gasteiger partial charge in [0.05, 0.1) is 12.5 Å². The van der Waals surface area contributed by atoms with E-state index in [0.29, 0.717) is 6.54 Å². The molecule has 2 aromatic rings. The molecular weight excluding hydrogens is 332 g/mol. The number of aliphatic carboxylic acids is 1. The van der Waals surface area contributed by atoms with Crippen LogP contribution in [0, 0.1) is 5.41 Å². The molecule has 0 radical (unpaired) electrons. The SMILES string of the molecule is O=C(Cc1cccnc1)N1CC[C@H](O)[C@](Cc2ccccc2)(C(=O)O)C1. The maximum absolute atomic E-state index is 12.7. The van der Waals surface area contributed by atoms with Crippen molar-refractivity contribution in [2.75, 3.05) is 13.1 Å². The maximum Gasteiger partial charge on any atom is 0.314 e. The highest BCUT2D eigenvalue weighted by atomic mass is 16.4. The van der Waals surface area contributed by atoms with Gasteiger partial charge in [-0.1, -0.05) is 36.4 Å². The predicted molar refractivity (Wildman–Crippen MR) is 95.4 cm³/mol. The van der Waals surface area contributed by atoms with Crippen LogP contribution in [0.1, 0.15) is 17.5 Å². The second-order valence-corrected chi connectivity index (χ2v) is 6.78. The number of nitrogens with zero attached hydrogens (tertiary/aromatic N) is 2. The molecule has 2 N–H and O–H groups in total. The summed E-state index contributed by atoms with van der Waals surface area (Å²) in [7, 11) is 0. The van der Waals surface area contributed by atoms with Crippen LogP contribution in [0.25, 0.3) is 0 Å². The number of carbonyl (C=O) groups excluding carboxylic acids is 1. The van der Waals surface area contributed by atoms with Crippen molar-refractivity contribution in [1.29, 1.82) is 0 Å². The predicted octanol–water partition coefficient (Wildman–Crippen LogP) is 1.53. The molecule has 0 saturated carbocycles. The number of aliphatic hydroxyl groups is 1. The molecule has 0 unspecified atom stereocenters. The molecule has 0 spiro atoms. The number of rotatable bonds is 5. The zero-order valence-corrected chi connectivity index (χ0v) is 14.4. The van der Waals surface area contributed by atoms with Crippen LogP contribution in [-0.2, 0) is 22.4 Å². The first-order valence-corrected chi connectivity index (χ1v) is 8.63. The Morgan fingerprint density at radius 2 is 1.88 bits per heavy atom. The lowest BCUT2D eigenvalue weighted by Crippen LogP contribution is -2.58. The summed E-state index contributed by atoms with van der Waals surface area (Å²) in [6.45, 7) is 0.349. The number of carboxylic acid groups (broad SMARTS) is 1. The van der Waals surface area contributed by atoms with E-state index >= 15 is 0 Å². The smallest absolute Gasteiger partial charge is 0.314 e. The van der Waals surface area contributed by atoms with Crippen LogP contribution >= 0.6 is 0 Å². The van der Waals surface area contributed by atoms with Crippen molar-refractivity contribution in [2.24, 2.45) is 5.41 Å². The van der Waals surface area contributed by atoms with Gasteiger partial charge in [0.25, 0.3) is 0 Å². The summed E-state index contributed by atoms with van der Waals surface area (Å²) in [5.41, 5.74) is 0.215. The minimum Gasteiger partial charge on any atom is -0.481 e. The average Bonchev–Trinajstić information content (AvgIpc) is 2.65. The van der Waals surface area contributed by atoms with Crippen molar-refractivity contribution < 1.29 is 19.8 Å². The monoisotopic (exact) mass is 354 g/mol. The van der Waals surface area contributed by atoms with Gasteiger partial charge in [0.15, 0.2) is 0 Å². The van der Waals surface area contributed by atoms with Crippen molar-refractivity contribution in [1.82, 2.24) is 9.88 Å². The lowest BCUT2D eigenvalue weighted by atomic mass is 9.72. The first kappa shape index (κ1) is 18.1. The van der Waals surface area contributed by atoms with Gasteiger partial charge in [-0.25, -0.2) is 0 Å². The summed E-state index contributed by atoms with van der Waals surface area (Å²) in [6.07, 6.45) is 2.87. The number of aliphatic hydroxyl groups excluding tert-OH is 1. The van der Waals surface area contributed by atoms with Crippen molar-refractivity contribution in [2.45, 2.75) is 25.4 Å². The highest BCUT2D eigenvalue weighted by Gasteiger charge is 2.50. The highest BCUT2D eigenvalue weighted by Crippen LogP contribution is 2.35. The largest absolute Gasteiger partial charge is 0.481 e. The van der Waals surface area contributed by atoms with Crippen LogP contribution in [0.4, 0.5) is 0 Å². The van der Waals surface area contributed by atoms with Crippen LogP contribution in [0.3, 0.4) is 0 Å². The van der Waals surface area contributed by atoms with Crippen molar-refractivity contribution in [3.8, 4) is 0 Å². The van der Waals surface area contributed by atoms with Crippen molar-refractivity contribution in [3.63, 3.8) is 0 Å². The molecule has 2 heterocycles. The molecule has 1 aliphatic heterocycles. The first-order chi connectivity index (χ1) is 12.5. The molecular formula is C20H22N2O4. The Hall–Kier alpha value is -2.73. The van der Waals surface area contributed by atoms with Crippen molar-refractivity contribution >= 4 is 11.9 Å². The number of carboxylic acids is 1. The highest BCUT2D eigenvalue weighted by molar-refractivity contribution is 5.82. The molecule has 6 heteroatoms.